The highest BCUT2D eigenvalue weighted by Gasteiger charge is 2.20. The topological polar surface area (TPSA) is 147 Å². The van der Waals surface area contributed by atoms with Crippen molar-refractivity contribution in [1.82, 2.24) is 4.98 Å². The van der Waals surface area contributed by atoms with E-state index in [-0.39, 0.29) is 17.3 Å². The van der Waals surface area contributed by atoms with Gasteiger partial charge in [-0.1, -0.05) is 11.6 Å². The van der Waals surface area contributed by atoms with Gasteiger partial charge in [-0.3, -0.25) is 20.2 Å². The van der Waals surface area contributed by atoms with Gasteiger partial charge in [-0.25, -0.2) is 0 Å². The zero-order chi connectivity index (χ0) is 19.0. The van der Waals surface area contributed by atoms with E-state index in [1.165, 1.54) is 0 Å². The van der Waals surface area contributed by atoms with Crippen LogP contribution in [0.1, 0.15) is 11.1 Å². The van der Waals surface area contributed by atoms with E-state index in [4.69, 9.17) is 0 Å². The molecule has 0 amide bonds. The number of azo groups is 1. The highest BCUT2D eigenvalue weighted by Crippen LogP contribution is 2.39. The van der Waals surface area contributed by atoms with Crippen LogP contribution < -0.4 is 0 Å². The number of rotatable bonds is 4. The van der Waals surface area contributed by atoms with E-state index in [9.17, 15) is 25.3 Å². The number of non-ortho nitro benzene ring substituents is 1. The van der Waals surface area contributed by atoms with Crippen molar-refractivity contribution in [3.05, 3.63) is 61.7 Å². The molecule has 3 aromatic rings. The first-order chi connectivity index (χ1) is 12.3. The molecule has 0 spiro atoms. The molecule has 132 valence electrons. The molecule has 0 saturated heterocycles. The summed E-state index contributed by atoms with van der Waals surface area (Å²) < 4.78 is 0. The average Bonchev–Trinajstić information content (AvgIpc) is 2.88. The fourth-order valence-electron chi connectivity index (χ4n) is 2.69. The van der Waals surface area contributed by atoms with E-state index in [1.807, 2.05) is 19.9 Å². The average molecular weight is 355 g/mol. The SMILES string of the molecule is Cc1cc(C)c2[nH]c(O)c(N=Nc3ccc([N+](=O)[O-])cc3[N+](=O)[O-])c2c1. The van der Waals surface area contributed by atoms with Crippen molar-refractivity contribution < 1.29 is 15.0 Å². The maximum atomic E-state index is 11.2. The molecule has 1 heterocycles. The molecule has 10 heteroatoms. The molecule has 0 saturated carbocycles. The molecule has 26 heavy (non-hydrogen) atoms. The zero-order valence-electron chi connectivity index (χ0n) is 13.8. The molecule has 0 radical (unpaired) electrons. The van der Waals surface area contributed by atoms with E-state index in [0.29, 0.717) is 10.9 Å². The van der Waals surface area contributed by atoms with Crippen LogP contribution in [0, 0.1) is 34.1 Å². The van der Waals surface area contributed by atoms with Crippen LogP contribution in [0.4, 0.5) is 22.7 Å². The predicted octanol–water partition coefficient (Wildman–Crippen LogP) is 4.72. The maximum Gasteiger partial charge on any atom is 0.303 e. The predicted molar refractivity (Wildman–Crippen MR) is 93.4 cm³/mol. The molecular formula is C16H13N5O5. The van der Waals surface area contributed by atoms with Crippen molar-refractivity contribution >= 4 is 33.7 Å². The van der Waals surface area contributed by atoms with E-state index < -0.39 is 21.2 Å². The van der Waals surface area contributed by atoms with Crippen molar-refractivity contribution in [1.29, 1.82) is 0 Å². The first-order valence-electron chi connectivity index (χ1n) is 7.44. The highest BCUT2D eigenvalue weighted by atomic mass is 16.6. The second kappa shape index (κ2) is 6.24. The molecule has 1 aromatic heterocycles. The molecule has 0 bridgehead atoms. The third-order valence-electron chi connectivity index (χ3n) is 3.83. The number of hydrogen-bond donors (Lipinski definition) is 2. The Bertz CT molecular complexity index is 1090. The largest absolute Gasteiger partial charge is 0.493 e. The molecule has 3 rings (SSSR count). The van der Waals surface area contributed by atoms with Gasteiger partial charge in [0, 0.05) is 11.5 Å². The van der Waals surface area contributed by atoms with Crippen LogP contribution in [0.25, 0.3) is 10.9 Å². The summed E-state index contributed by atoms with van der Waals surface area (Å²) in [6.07, 6.45) is 0. The van der Waals surface area contributed by atoms with Gasteiger partial charge in [0.1, 0.15) is 0 Å². The summed E-state index contributed by atoms with van der Waals surface area (Å²) >= 11 is 0. The number of aromatic nitrogens is 1. The van der Waals surface area contributed by atoms with Gasteiger partial charge < -0.3 is 10.1 Å². The van der Waals surface area contributed by atoms with Crippen molar-refractivity contribution in [2.75, 3.05) is 0 Å². The number of fused-ring (bicyclic) bond motifs is 1. The monoisotopic (exact) mass is 355 g/mol. The minimum absolute atomic E-state index is 0.138. The Morgan fingerprint density at radius 1 is 1.04 bits per heavy atom. The van der Waals surface area contributed by atoms with Crippen LogP contribution in [0.3, 0.4) is 0 Å². The van der Waals surface area contributed by atoms with E-state index in [0.717, 1.165) is 29.3 Å². The summed E-state index contributed by atoms with van der Waals surface area (Å²) in [6.45, 7) is 3.76. The lowest BCUT2D eigenvalue weighted by atomic mass is 10.1. The second-order valence-corrected chi connectivity index (χ2v) is 5.71. The van der Waals surface area contributed by atoms with Crippen LogP contribution in [-0.4, -0.2) is 19.9 Å². The first-order valence-corrected chi connectivity index (χ1v) is 7.44. The van der Waals surface area contributed by atoms with Gasteiger partial charge in [-0.05, 0) is 31.5 Å². The Morgan fingerprint density at radius 2 is 1.77 bits per heavy atom. The van der Waals surface area contributed by atoms with Crippen molar-refractivity contribution in [2.45, 2.75) is 13.8 Å². The number of nitrogens with zero attached hydrogens (tertiary/aromatic N) is 4. The number of aromatic amines is 1. The molecule has 2 N–H and O–H groups in total. The van der Waals surface area contributed by atoms with Gasteiger partial charge in [0.2, 0.25) is 5.88 Å². The molecule has 0 aliphatic carbocycles. The summed E-state index contributed by atoms with van der Waals surface area (Å²) in [5, 5.41) is 40.4. The fraction of sp³-hybridized carbons (Fsp3) is 0.125. The summed E-state index contributed by atoms with van der Waals surface area (Å²) in [6, 6.07) is 6.79. The third-order valence-corrected chi connectivity index (χ3v) is 3.83. The standard InChI is InChI=1S/C16H13N5O5/c1-8-5-9(2)14-11(6-8)15(16(22)17-14)19-18-12-4-3-10(20(23)24)7-13(12)21(25)26/h3-7,17,22H,1-2H3. The first kappa shape index (κ1) is 17.0. The summed E-state index contributed by atoms with van der Waals surface area (Å²) in [7, 11) is 0. The minimum Gasteiger partial charge on any atom is -0.493 e. The van der Waals surface area contributed by atoms with E-state index >= 15 is 0 Å². The molecule has 0 unspecified atom stereocenters. The number of nitro benzene ring substituents is 2. The summed E-state index contributed by atoms with van der Waals surface area (Å²) in [5.74, 6) is -0.220. The number of benzene rings is 2. The van der Waals surface area contributed by atoms with Crippen LogP contribution in [0.15, 0.2) is 40.6 Å². The van der Waals surface area contributed by atoms with Gasteiger partial charge in [-0.15, -0.1) is 10.2 Å². The van der Waals surface area contributed by atoms with Gasteiger partial charge in [0.15, 0.2) is 11.4 Å². The van der Waals surface area contributed by atoms with Crippen molar-refractivity contribution in [2.24, 2.45) is 10.2 Å². The Balaban J connectivity index is 2.11. The number of aryl methyl sites for hydroxylation is 2. The molecule has 0 atom stereocenters. The van der Waals surface area contributed by atoms with Crippen LogP contribution in [0.5, 0.6) is 5.88 Å². The second-order valence-electron chi connectivity index (χ2n) is 5.71. The van der Waals surface area contributed by atoms with Gasteiger partial charge in [0.05, 0.1) is 21.4 Å². The third kappa shape index (κ3) is 2.95. The van der Waals surface area contributed by atoms with Crippen LogP contribution in [-0.2, 0) is 0 Å². The van der Waals surface area contributed by atoms with E-state index in [1.54, 1.807) is 6.07 Å². The number of H-pyrrole nitrogens is 1. The molecule has 0 aliphatic rings. The normalized spacial score (nSPS) is 11.3. The quantitative estimate of drug-likeness (QED) is 0.394. The van der Waals surface area contributed by atoms with Gasteiger partial charge in [-0.2, -0.15) is 0 Å². The van der Waals surface area contributed by atoms with Crippen LogP contribution in [0.2, 0.25) is 0 Å². The van der Waals surface area contributed by atoms with Crippen LogP contribution >= 0.6 is 0 Å². The van der Waals surface area contributed by atoms with Gasteiger partial charge in [0.25, 0.3) is 5.69 Å². The molecular weight excluding hydrogens is 342 g/mol. The summed E-state index contributed by atoms with van der Waals surface area (Å²) in [4.78, 5) is 23.2. The number of nitro groups is 2. The Labute approximate surface area is 146 Å². The van der Waals surface area contributed by atoms with Crippen molar-refractivity contribution in [3.63, 3.8) is 0 Å². The maximum absolute atomic E-state index is 11.2. The number of nitrogens with one attached hydrogen (secondary N) is 1. The molecule has 0 aliphatic heterocycles. The molecule has 10 nitrogen and oxygen atoms in total. The highest BCUT2D eigenvalue weighted by molar-refractivity contribution is 5.96. The molecule has 2 aromatic carbocycles. The Hall–Kier alpha value is -3.82. The Kier molecular flexibility index (Phi) is 4.08. The lowest BCUT2D eigenvalue weighted by Crippen LogP contribution is -1.92. The number of hydrogen-bond acceptors (Lipinski definition) is 7. The zero-order valence-corrected chi connectivity index (χ0v) is 13.8. The lowest BCUT2D eigenvalue weighted by Gasteiger charge is -1.99. The fourth-order valence-corrected chi connectivity index (χ4v) is 2.69. The minimum atomic E-state index is -0.773. The molecule has 0 fully saturated rings. The van der Waals surface area contributed by atoms with Crippen molar-refractivity contribution in [3.8, 4) is 5.88 Å². The summed E-state index contributed by atoms with van der Waals surface area (Å²) in [5.41, 5.74) is 1.55. The Morgan fingerprint density at radius 3 is 2.42 bits per heavy atom. The van der Waals surface area contributed by atoms with E-state index in [2.05, 4.69) is 15.2 Å². The van der Waals surface area contributed by atoms with Gasteiger partial charge >= 0.3 is 5.69 Å². The smallest absolute Gasteiger partial charge is 0.303 e. The number of aromatic hydroxyl groups is 1. The lowest BCUT2D eigenvalue weighted by molar-refractivity contribution is -0.393.